The van der Waals surface area contributed by atoms with Gasteiger partial charge in [-0.25, -0.2) is 4.79 Å². The van der Waals surface area contributed by atoms with Gasteiger partial charge in [-0.05, 0) is 50.6 Å². The molecule has 0 aliphatic carbocycles. The molecule has 160 valence electrons. The van der Waals surface area contributed by atoms with Crippen molar-refractivity contribution in [1.82, 2.24) is 10.6 Å². The molecule has 2 rings (SSSR count). The topological polar surface area (TPSA) is 117 Å². The fourth-order valence-electron chi connectivity index (χ4n) is 2.46. The average molecular weight is 413 g/mol. The van der Waals surface area contributed by atoms with Gasteiger partial charge in [0.2, 0.25) is 5.91 Å². The first-order valence-electron chi connectivity index (χ1n) is 9.56. The summed E-state index contributed by atoms with van der Waals surface area (Å²) in [7, 11) is 0. The monoisotopic (exact) mass is 413 g/mol. The number of amides is 3. The van der Waals surface area contributed by atoms with Crippen molar-refractivity contribution in [2.45, 2.75) is 39.3 Å². The van der Waals surface area contributed by atoms with Gasteiger partial charge in [0, 0.05) is 25.2 Å². The second kappa shape index (κ2) is 10.3. The van der Waals surface area contributed by atoms with E-state index in [-0.39, 0.29) is 42.6 Å². The molecule has 2 aromatic rings. The zero-order valence-corrected chi connectivity index (χ0v) is 17.3. The Kier molecular flexibility index (Phi) is 7.80. The Labute approximate surface area is 175 Å². The van der Waals surface area contributed by atoms with Crippen LogP contribution in [0.2, 0.25) is 0 Å². The van der Waals surface area contributed by atoms with Crippen LogP contribution in [0.5, 0.6) is 5.75 Å². The molecule has 0 saturated heterocycles. The normalized spacial score (nSPS) is 10.8. The summed E-state index contributed by atoms with van der Waals surface area (Å²) in [5.74, 6) is -0.691. The third-order valence-corrected chi connectivity index (χ3v) is 3.86. The van der Waals surface area contributed by atoms with Crippen LogP contribution in [0, 0.1) is 0 Å². The Morgan fingerprint density at radius 2 is 1.63 bits per heavy atom. The van der Waals surface area contributed by atoms with Crippen molar-refractivity contribution < 1.29 is 24.2 Å². The summed E-state index contributed by atoms with van der Waals surface area (Å²) in [6, 6.07) is 13.3. The highest BCUT2D eigenvalue weighted by molar-refractivity contribution is 5.96. The van der Waals surface area contributed by atoms with Crippen LogP contribution in [0.1, 0.15) is 43.1 Å². The molecule has 0 saturated carbocycles. The minimum absolute atomic E-state index is 0.0748. The van der Waals surface area contributed by atoms with E-state index in [1.54, 1.807) is 63.2 Å². The van der Waals surface area contributed by atoms with Crippen molar-refractivity contribution in [3.63, 3.8) is 0 Å². The molecule has 0 spiro atoms. The molecule has 30 heavy (non-hydrogen) atoms. The highest BCUT2D eigenvalue weighted by Crippen LogP contribution is 2.16. The molecule has 8 nitrogen and oxygen atoms in total. The van der Waals surface area contributed by atoms with Crippen LogP contribution in [-0.4, -0.2) is 35.2 Å². The lowest BCUT2D eigenvalue weighted by Crippen LogP contribution is -2.34. The van der Waals surface area contributed by atoms with Gasteiger partial charge in [-0.2, -0.15) is 0 Å². The molecular formula is C22H27N3O5. The molecule has 4 N–H and O–H groups in total. The second-order valence-corrected chi connectivity index (χ2v) is 7.62. The van der Waals surface area contributed by atoms with Crippen molar-refractivity contribution in [3.05, 3.63) is 59.7 Å². The molecular weight excluding hydrogens is 386 g/mol. The standard InChI is InChI=1S/C22H27N3O5/c1-22(2,3)30-21(29)23-13-12-19(27)25-16-10-8-15(9-11-16)14-24-20(28)17-6-4-5-7-18(17)26/h4-11,26H,12-14H2,1-3H3,(H,23,29)(H,24,28)(H,25,27). The highest BCUT2D eigenvalue weighted by Gasteiger charge is 2.16. The van der Waals surface area contributed by atoms with E-state index in [4.69, 9.17) is 4.74 Å². The van der Waals surface area contributed by atoms with E-state index in [1.165, 1.54) is 6.07 Å². The molecule has 0 aliphatic heterocycles. The number of para-hydroxylation sites is 1. The summed E-state index contributed by atoms with van der Waals surface area (Å²) < 4.78 is 5.10. The minimum atomic E-state index is -0.588. The molecule has 0 bridgehead atoms. The number of phenols is 1. The molecule has 2 aromatic carbocycles. The quantitative estimate of drug-likeness (QED) is 0.556. The molecule has 0 atom stereocenters. The van der Waals surface area contributed by atoms with Gasteiger partial charge in [0.05, 0.1) is 5.56 Å². The average Bonchev–Trinajstić information content (AvgIpc) is 2.66. The van der Waals surface area contributed by atoms with Crippen molar-refractivity contribution in [3.8, 4) is 5.75 Å². The van der Waals surface area contributed by atoms with Crippen LogP contribution in [0.4, 0.5) is 10.5 Å². The lowest BCUT2D eigenvalue weighted by Gasteiger charge is -2.19. The zero-order valence-electron chi connectivity index (χ0n) is 17.3. The number of hydrogen-bond donors (Lipinski definition) is 4. The van der Waals surface area contributed by atoms with Crippen LogP contribution in [0.3, 0.4) is 0 Å². The minimum Gasteiger partial charge on any atom is -0.507 e. The smallest absolute Gasteiger partial charge is 0.407 e. The fourth-order valence-corrected chi connectivity index (χ4v) is 2.46. The molecule has 0 aromatic heterocycles. The number of aromatic hydroxyl groups is 1. The first-order valence-corrected chi connectivity index (χ1v) is 9.56. The molecule has 3 amide bonds. The van der Waals surface area contributed by atoms with Crippen LogP contribution >= 0.6 is 0 Å². The maximum atomic E-state index is 12.1. The number of carbonyl (C=O) groups excluding carboxylic acids is 3. The summed E-state index contributed by atoms with van der Waals surface area (Å²) in [4.78, 5) is 35.6. The van der Waals surface area contributed by atoms with Crippen LogP contribution in [0.15, 0.2) is 48.5 Å². The summed E-state index contributed by atoms with van der Waals surface area (Å²) >= 11 is 0. The zero-order chi connectivity index (χ0) is 22.1. The maximum absolute atomic E-state index is 12.1. The number of carbonyl (C=O) groups is 3. The van der Waals surface area contributed by atoms with E-state index in [2.05, 4.69) is 16.0 Å². The van der Waals surface area contributed by atoms with E-state index in [9.17, 15) is 19.5 Å². The van der Waals surface area contributed by atoms with Gasteiger partial charge in [-0.3, -0.25) is 9.59 Å². The number of nitrogens with one attached hydrogen (secondary N) is 3. The Hall–Kier alpha value is -3.55. The summed E-state index contributed by atoms with van der Waals surface area (Å²) in [5.41, 5.74) is 1.06. The SMILES string of the molecule is CC(C)(C)OC(=O)NCCC(=O)Nc1ccc(CNC(=O)c2ccccc2O)cc1. The van der Waals surface area contributed by atoms with Crippen molar-refractivity contribution in [2.24, 2.45) is 0 Å². The number of hydrogen-bond acceptors (Lipinski definition) is 5. The lowest BCUT2D eigenvalue weighted by atomic mass is 10.1. The van der Waals surface area contributed by atoms with E-state index < -0.39 is 11.7 Å². The largest absolute Gasteiger partial charge is 0.507 e. The predicted molar refractivity (Wildman–Crippen MR) is 113 cm³/mol. The number of anilines is 1. The Bertz CT molecular complexity index is 888. The van der Waals surface area contributed by atoms with Crippen LogP contribution in [-0.2, 0) is 16.1 Å². The van der Waals surface area contributed by atoms with Gasteiger partial charge in [0.15, 0.2) is 0 Å². The number of ether oxygens (including phenoxy) is 1. The first-order chi connectivity index (χ1) is 14.1. The number of alkyl carbamates (subject to hydrolysis) is 1. The first kappa shape index (κ1) is 22.7. The molecule has 0 radical (unpaired) electrons. The van der Waals surface area contributed by atoms with Crippen molar-refractivity contribution in [2.75, 3.05) is 11.9 Å². The van der Waals surface area contributed by atoms with Gasteiger partial charge >= 0.3 is 6.09 Å². The van der Waals surface area contributed by atoms with E-state index >= 15 is 0 Å². The van der Waals surface area contributed by atoms with E-state index in [0.29, 0.717) is 5.69 Å². The molecule has 0 aliphatic rings. The predicted octanol–water partition coefficient (Wildman–Crippen LogP) is 3.18. The maximum Gasteiger partial charge on any atom is 0.407 e. The van der Waals surface area contributed by atoms with Crippen molar-refractivity contribution >= 4 is 23.6 Å². The Morgan fingerprint density at radius 1 is 0.967 bits per heavy atom. The van der Waals surface area contributed by atoms with Crippen LogP contribution < -0.4 is 16.0 Å². The van der Waals surface area contributed by atoms with Gasteiger partial charge in [-0.1, -0.05) is 24.3 Å². The molecule has 8 heteroatoms. The highest BCUT2D eigenvalue weighted by atomic mass is 16.6. The lowest BCUT2D eigenvalue weighted by molar-refractivity contribution is -0.116. The Morgan fingerprint density at radius 3 is 2.27 bits per heavy atom. The van der Waals surface area contributed by atoms with Gasteiger partial charge in [0.25, 0.3) is 5.91 Å². The van der Waals surface area contributed by atoms with E-state index in [1.807, 2.05) is 0 Å². The summed E-state index contributed by atoms with van der Waals surface area (Å²) in [6.07, 6.45) is -0.456. The van der Waals surface area contributed by atoms with Gasteiger partial charge in [0.1, 0.15) is 11.4 Å². The van der Waals surface area contributed by atoms with Gasteiger partial charge < -0.3 is 25.8 Å². The second-order valence-electron chi connectivity index (χ2n) is 7.62. The molecule has 0 unspecified atom stereocenters. The van der Waals surface area contributed by atoms with E-state index in [0.717, 1.165) is 5.56 Å². The molecule has 0 heterocycles. The van der Waals surface area contributed by atoms with Crippen molar-refractivity contribution in [1.29, 1.82) is 0 Å². The summed E-state index contributed by atoms with van der Waals surface area (Å²) in [6.45, 7) is 5.73. The third-order valence-electron chi connectivity index (χ3n) is 3.86. The number of benzene rings is 2. The third kappa shape index (κ3) is 7.83. The number of phenolic OH excluding ortho intramolecular Hbond substituents is 1. The summed E-state index contributed by atoms with van der Waals surface area (Å²) in [5, 5.41) is 17.7. The Balaban J connectivity index is 1.75. The van der Waals surface area contributed by atoms with Crippen LogP contribution in [0.25, 0.3) is 0 Å². The number of rotatable bonds is 7. The molecule has 0 fully saturated rings. The van der Waals surface area contributed by atoms with Gasteiger partial charge in [-0.15, -0.1) is 0 Å². The fraction of sp³-hybridized carbons (Fsp3) is 0.318.